The van der Waals surface area contributed by atoms with Gasteiger partial charge in [-0.15, -0.1) is 0 Å². The van der Waals surface area contributed by atoms with Crippen LogP contribution in [0.2, 0.25) is 10.0 Å². The average molecular weight is 479 g/mol. The standard InChI is InChI=1S/C25H32Cl2N2O3/c1-6-21(24(31)28-7-2)29(15-17-12-13-18(26)14-20(17)27)23(30)16-32-22-11-9-8-10-19(22)25(3,4)5/h8-14,21H,6-7,15-16H2,1-5H3,(H,28,31). The van der Waals surface area contributed by atoms with Crippen LogP contribution in [-0.4, -0.2) is 35.9 Å². The predicted octanol–water partition coefficient (Wildman–Crippen LogP) is 5.61. The smallest absolute Gasteiger partial charge is 0.261 e. The number of carbonyl (C=O) groups is 2. The van der Waals surface area contributed by atoms with Crippen molar-refractivity contribution in [3.05, 3.63) is 63.6 Å². The second-order valence-electron chi connectivity index (χ2n) is 8.61. The highest BCUT2D eigenvalue weighted by atomic mass is 35.5. The fourth-order valence-corrected chi connectivity index (χ4v) is 3.95. The maximum atomic E-state index is 13.3. The molecule has 0 saturated carbocycles. The predicted molar refractivity (Wildman–Crippen MR) is 130 cm³/mol. The van der Waals surface area contributed by atoms with E-state index in [1.807, 2.05) is 38.1 Å². The lowest BCUT2D eigenvalue weighted by Crippen LogP contribution is -2.50. The molecule has 2 aromatic carbocycles. The van der Waals surface area contributed by atoms with Gasteiger partial charge in [0.15, 0.2) is 6.61 Å². The van der Waals surface area contributed by atoms with E-state index in [1.165, 1.54) is 4.90 Å². The van der Waals surface area contributed by atoms with E-state index in [4.69, 9.17) is 27.9 Å². The molecule has 0 aliphatic rings. The zero-order valence-corrected chi connectivity index (χ0v) is 20.9. The van der Waals surface area contributed by atoms with Gasteiger partial charge in [0.05, 0.1) is 0 Å². The van der Waals surface area contributed by atoms with Crippen LogP contribution in [0.3, 0.4) is 0 Å². The van der Waals surface area contributed by atoms with Gasteiger partial charge in [-0.1, -0.05) is 75.2 Å². The molecule has 0 aliphatic carbocycles. The Balaban J connectivity index is 2.30. The van der Waals surface area contributed by atoms with E-state index in [9.17, 15) is 9.59 Å². The van der Waals surface area contributed by atoms with E-state index in [-0.39, 0.29) is 30.4 Å². The number of benzene rings is 2. The van der Waals surface area contributed by atoms with E-state index in [1.54, 1.807) is 18.2 Å². The summed E-state index contributed by atoms with van der Waals surface area (Å²) >= 11 is 12.4. The Morgan fingerprint density at radius 3 is 2.38 bits per heavy atom. The molecule has 0 saturated heterocycles. The molecule has 0 radical (unpaired) electrons. The van der Waals surface area contributed by atoms with Gasteiger partial charge in [0.1, 0.15) is 11.8 Å². The largest absolute Gasteiger partial charge is 0.483 e. The lowest BCUT2D eigenvalue weighted by atomic mass is 9.86. The summed E-state index contributed by atoms with van der Waals surface area (Å²) in [6.45, 7) is 10.5. The summed E-state index contributed by atoms with van der Waals surface area (Å²) in [6.07, 6.45) is 0.460. The third-order valence-corrected chi connectivity index (χ3v) is 5.73. The minimum Gasteiger partial charge on any atom is -0.483 e. The summed E-state index contributed by atoms with van der Waals surface area (Å²) in [6, 6.07) is 12.2. The summed E-state index contributed by atoms with van der Waals surface area (Å²) in [4.78, 5) is 27.6. The molecule has 0 fully saturated rings. The second kappa shape index (κ2) is 11.6. The van der Waals surface area contributed by atoms with Crippen LogP contribution in [0.25, 0.3) is 0 Å². The van der Waals surface area contributed by atoms with E-state index >= 15 is 0 Å². The van der Waals surface area contributed by atoms with Gasteiger partial charge < -0.3 is 15.0 Å². The van der Waals surface area contributed by atoms with Crippen LogP contribution >= 0.6 is 23.2 Å². The molecule has 1 unspecified atom stereocenters. The van der Waals surface area contributed by atoms with Crippen molar-refractivity contribution in [1.29, 1.82) is 0 Å². The van der Waals surface area contributed by atoms with Gasteiger partial charge in [0.2, 0.25) is 5.91 Å². The van der Waals surface area contributed by atoms with Crippen molar-refractivity contribution in [2.45, 2.75) is 59.0 Å². The van der Waals surface area contributed by atoms with Crippen LogP contribution in [0.15, 0.2) is 42.5 Å². The van der Waals surface area contributed by atoms with Crippen molar-refractivity contribution < 1.29 is 14.3 Å². The number of rotatable bonds is 9. The molecule has 2 aromatic rings. The fraction of sp³-hybridized carbons (Fsp3) is 0.440. The van der Waals surface area contributed by atoms with E-state index in [2.05, 4.69) is 26.1 Å². The molecular formula is C25H32Cl2N2O3. The molecule has 0 aliphatic heterocycles. The number of nitrogens with zero attached hydrogens (tertiary/aromatic N) is 1. The number of hydrogen-bond acceptors (Lipinski definition) is 3. The third-order valence-electron chi connectivity index (χ3n) is 5.14. The van der Waals surface area contributed by atoms with Crippen molar-refractivity contribution >= 4 is 35.0 Å². The summed E-state index contributed by atoms with van der Waals surface area (Å²) in [5.41, 5.74) is 1.58. The Bertz CT molecular complexity index is 941. The summed E-state index contributed by atoms with van der Waals surface area (Å²) in [5, 5.41) is 3.77. The first-order valence-electron chi connectivity index (χ1n) is 10.8. The molecule has 1 N–H and O–H groups in total. The number of carbonyl (C=O) groups excluding carboxylic acids is 2. The van der Waals surface area contributed by atoms with Crippen molar-refractivity contribution in [2.24, 2.45) is 0 Å². The Morgan fingerprint density at radius 2 is 1.78 bits per heavy atom. The van der Waals surface area contributed by atoms with Gasteiger partial charge in [0, 0.05) is 23.1 Å². The maximum Gasteiger partial charge on any atom is 0.261 e. The highest BCUT2D eigenvalue weighted by Crippen LogP contribution is 2.31. The third kappa shape index (κ3) is 6.88. The van der Waals surface area contributed by atoms with Crippen LogP contribution in [0.5, 0.6) is 5.75 Å². The lowest BCUT2D eigenvalue weighted by Gasteiger charge is -2.31. The Labute approximate surface area is 201 Å². The van der Waals surface area contributed by atoms with E-state index < -0.39 is 6.04 Å². The van der Waals surface area contributed by atoms with Crippen LogP contribution < -0.4 is 10.1 Å². The monoisotopic (exact) mass is 478 g/mol. The van der Waals surface area contributed by atoms with Crippen LogP contribution in [0.4, 0.5) is 0 Å². The molecule has 0 heterocycles. The van der Waals surface area contributed by atoms with Crippen molar-refractivity contribution in [3.63, 3.8) is 0 Å². The molecule has 0 aromatic heterocycles. The normalized spacial score (nSPS) is 12.2. The van der Waals surface area contributed by atoms with Gasteiger partial charge >= 0.3 is 0 Å². The Morgan fingerprint density at radius 1 is 1.09 bits per heavy atom. The lowest BCUT2D eigenvalue weighted by molar-refractivity contribution is -0.142. The first-order valence-corrected chi connectivity index (χ1v) is 11.6. The Hall–Kier alpha value is -2.24. The first-order chi connectivity index (χ1) is 15.1. The molecular weight excluding hydrogens is 447 g/mol. The van der Waals surface area contributed by atoms with Crippen molar-refractivity contribution in [3.8, 4) is 5.75 Å². The number of amides is 2. The molecule has 32 heavy (non-hydrogen) atoms. The van der Waals surface area contributed by atoms with E-state index in [0.717, 1.165) is 5.56 Å². The van der Waals surface area contributed by atoms with Crippen molar-refractivity contribution in [2.75, 3.05) is 13.2 Å². The minimum absolute atomic E-state index is 0.136. The molecule has 0 spiro atoms. The highest BCUT2D eigenvalue weighted by Gasteiger charge is 2.29. The second-order valence-corrected chi connectivity index (χ2v) is 9.45. The van der Waals surface area contributed by atoms with Gasteiger partial charge in [-0.25, -0.2) is 0 Å². The van der Waals surface area contributed by atoms with E-state index in [0.29, 0.717) is 34.3 Å². The number of ether oxygens (including phenoxy) is 1. The molecule has 1 atom stereocenters. The SMILES string of the molecule is CCNC(=O)C(CC)N(Cc1ccc(Cl)cc1Cl)C(=O)COc1ccccc1C(C)(C)C. The Kier molecular flexibility index (Phi) is 9.41. The number of likely N-dealkylation sites (N-methyl/N-ethyl adjacent to an activating group) is 1. The van der Waals surface area contributed by atoms with Gasteiger partial charge in [-0.05, 0) is 48.1 Å². The highest BCUT2D eigenvalue weighted by molar-refractivity contribution is 6.35. The molecule has 0 bridgehead atoms. The maximum absolute atomic E-state index is 13.3. The molecule has 174 valence electrons. The number of nitrogens with one attached hydrogen (secondary N) is 1. The minimum atomic E-state index is -0.643. The summed E-state index contributed by atoms with van der Waals surface area (Å²) in [7, 11) is 0. The first kappa shape index (κ1) is 26.0. The molecule has 2 amide bonds. The average Bonchev–Trinajstić information content (AvgIpc) is 2.73. The number of hydrogen-bond donors (Lipinski definition) is 1. The van der Waals surface area contributed by atoms with Gasteiger partial charge in [-0.3, -0.25) is 9.59 Å². The number of halogens is 2. The fourth-order valence-electron chi connectivity index (χ4n) is 3.48. The van der Waals surface area contributed by atoms with Gasteiger partial charge in [-0.2, -0.15) is 0 Å². The topological polar surface area (TPSA) is 58.6 Å². The summed E-state index contributed by atoms with van der Waals surface area (Å²) in [5.74, 6) is 0.158. The number of para-hydroxylation sites is 1. The quantitative estimate of drug-likeness (QED) is 0.509. The van der Waals surface area contributed by atoms with Crippen LogP contribution in [0, 0.1) is 0 Å². The summed E-state index contributed by atoms with van der Waals surface area (Å²) < 4.78 is 5.95. The van der Waals surface area contributed by atoms with Crippen molar-refractivity contribution in [1.82, 2.24) is 10.2 Å². The molecule has 5 nitrogen and oxygen atoms in total. The zero-order chi connectivity index (χ0) is 23.9. The van der Waals surface area contributed by atoms with Crippen LogP contribution in [-0.2, 0) is 21.5 Å². The molecule has 2 rings (SSSR count). The molecule has 7 heteroatoms. The van der Waals surface area contributed by atoms with Crippen LogP contribution in [0.1, 0.15) is 52.2 Å². The zero-order valence-electron chi connectivity index (χ0n) is 19.4. The van der Waals surface area contributed by atoms with Gasteiger partial charge in [0.25, 0.3) is 5.91 Å².